The summed E-state index contributed by atoms with van der Waals surface area (Å²) in [5, 5.41) is 20.6. The number of pyridine rings is 1. The summed E-state index contributed by atoms with van der Waals surface area (Å²) in [6.07, 6.45) is 2.93. The van der Waals surface area contributed by atoms with Crippen LogP contribution in [-0.2, 0) is 22.7 Å². The van der Waals surface area contributed by atoms with Gasteiger partial charge in [0.15, 0.2) is 17.9 Å². The van der Waals surface area contributed by atoms with E-state index >= 15 is 8.78 Å². The van der Waals surface area contributed by atoms with Crippen LogP contribution in [0.15, 0.2) is 6.20 Å². The standard InChI is InChI=1S/C37H41F3N8O4S/c1-18(52-19(2)49)11-46-13-21-4-5-22(14-46)48(21)35-29-25-16-50-15-24(25)27(31-28-23(9-41)34(42)53-33(28)26(39)10-43-31)30(40)32(29)44-36(45-35)51-17-37-6-3-7-47(37)12-20(38)8-37/h10,18-22,49H,3-8,11-17,42H2,1-2H3/t18-,19?,20-,21?,22?,37+/m1/s1. The minimum absolute atomic E-state index is 0.00441. The molecule has 4 saturated heterocycles. The van der Waals surface area contributed by atoms with E-state index < -0.39 is 29.6 Å². The highest BCUT2D eigenvalue weighted by Crippen LogP contribution is 2.48. The Morgan fingerprint density at radius 1 is 1.15 bits per heavy atom. The number of benzene rings is 1. The summed E-state index contributed by atoms with van der Waals surface area (Å²) in [6.45, 7) is 7.19. The summed E-state index contributed by atoms with van der Waals surface area (Å²) in [6, 6.07) is 2.16. The molecule has 5 aliphatic rings. The molecule has 5 aliphatic heterocycles. The number of likely N-dealkylation sites (tertiary alicyclic amines) is 1. The Morgan fingerprint density at radius 3 is 2.68 bits per heavy atom. The highest BCUT2D eigenvalue weighted by atomic mass is 32.1. The van der Waals surface area contributed by atoms with Crippen LogP contribution in [0.5, 0.6) is 6.01 Å². The highest BCUT2D eigenvalue weighted by Gasteiger charge is 2.50. The van der Waals surface area contributed by atoms with Gasteiger partial charge in [-0.1, -0.05) is 0 Å². The van der Waals surface area contributed by atoms with Gasteiger partial charge < -0.3 is 30.0 Å². The number of alkyl halides is 1. The lowest BCUT2D eigenvalue weighted by Gasteiger charge is -2.43. The average molecular weight is 751 g/mol. The summed E-state index contributed by atoms with van der Waals surface area (Å²) in [5.74, 6) is -0.796. The Morgan fingerprint density at radius 2 is 1.92 bits per heavy atom. The van der Waals surface area contributed by atoms with E-state index in [1.165, 1.54) is 0 Å². The zero-order valence-corrected chi connectivity index (χ0v) is 30.4. The summed E-state index contributed by atoms with van der Waals surface area (Å²) in [7, 11) is 0. The third-order valence-electron chi connectivity index (χ3n) is 11.8. The molecule has 0 aliphatic carbocycles. The third kappa shape index (κ3) is 5.70. The molecule has 8 heterocycles. The molecule has 0 spiro atoms. The van der Waals surface area contributed by atoms with Gasteiger partial charge in [-0.15, -0.1) is 11.3 Å². The number of hydrogen-bond donors (Lipinski definition) is 2. The zero-order chi connectivity index (χ0) is 36.8. The van der Waals surface area contributed by atoms with Gasteiger partial charge in [0.1, 0.15) is 35.2 Å². The number of hydrogen-bond acceptors (Lipinski definition) is 13. The fraction of sp³-hybridized carbons (Fsp3) is 0.568. The Kier molecular flexibility index (Phi) is 8.67. The summed E-state index contributed by atoms with van der Waals surface area (Å²) < 4.78 is 65.5. The lowest BCUT2D eigenvalue weighted by Crippen LogP contribution is -2.55. The van der Waals surface area contributed by atoms with E-state index in [9.17, 15) is 14.8 Å². The van der Waals surface area contributed by atoms with Crippen molar-refractivity contribution in [3.8, 4) is 23.3 Å². The maximum Gasteiger partial charge on any atom is 0.319 e. The van der Waals surface area contributed by atoms with Crippen LogP contribution in [0.2, 0.25) is 0 Å². The molecular formula is C37H41F3N8O4S. The Labute approximate surface area is 308 Å². The fourth-order valence-electron chi connectivity index (χ4n) is 9.75. The van der Waals surface area contributed by atoms with Crippen molar-refractivity contribution in [1.29, 1.82) is 5.26 Å². The summed E-state index contributed by atoms with van der Waals surface area (Å²) in [4.78, 5) is 20.9. The van der Waals surface area contributed by atoms with E-state index in [0.29, 0.717) is 41.8 Å². The van der Waals surface area contributed by atoms with Crippen LogP contribution in [0, 0.1) is 23.0 Å². The second-order valence-electron chi connectivity index (χ2n) is 15.2. The largest absolute Gasteiger partial charge is 0.461 e. The number of nitrogens with two attached hydrogens (primary N) is 1. The van der Waals surface area contributed by atoms with E-state index in [1.54, 1.807) is 6.92 Å². The molecule has 280 valence electrons. The van der Waals surface area contributed by atoms with Gasteiger partial charge in [0, 0.05) is 55.6 Å². The minimum Gasteiger partial charge on any atom is -0.461 e. The van der Waals surface area contributed by atoms with Crippen molar-refractivity contribution in [2.75, 3.05) is 50.0 Å². The van der Waals surface area contributed by atoms with Gasteiger partial charge in [0.05, 0.1) is 52.4 Å². The number of aliphatic hydroxyl groups is 1. The van der Waals surface area contributed by atoms with Gasteiger partial charge in [-0.25, -0.2) is 13.2 Å². The predicted molar refractivity (Wildman–Crippen MR) is 192 cm³/mol. The number of fused-ring (bicyclic) bond motifs is 7. The van der Waals surface area contributed by atoms with Crippen LogP contribution in [-0.4, -0.2) is 105 Å². The smallest absolute Gasteiger partial charge is 0.319 e. The van der Waals surface area contributed by atoms with Crippen LogP contribution < -0.4 is 15.4 Å². The van der Waals surface area contributed by atoms with E-state index in [2.05, 4.69) is 25.8 Å². The number of nitrogen functional groups attached to an aromatic ring is 1. The number of piperazine rings is 1. The number of aliphatic hydroxyl groups excluding tert-OH is 1. The molecule has 0 saturated carbocycles. The molecule has 4 fully saturated rings. The van der Waals surface area contributed by atoms with Crippen LogP contribution in [0.25, 0.3) is 32.2 Å². The summed E-state index contributed by atoms with van der Waals surface area (Å²) in [5.41, 5.74) is 7.16. The van der Waals surface area contributed by atoms with Crippen LogP contribution in [0.4, 0.5) is 24.0 Å². The third-order valence-corrected chi connectivity index (χ3v) is 12.8. The maximum absolute atomic E-state index is 17.6. The molecule has 2 bridgehead atoms. The van der Waals surface area contributed by atoms with Crippen LogP contribution in [0.1, 0.15) is 62.6 Å². The average Bonchev–Trinajstić information content (AvgIpc) is 3.92. The molecule has 0 amide bonds. The van der Waals surface area contributed by atoms with Crippen molar-refractivity contribution >= 4 is 43.1 Å². The normalized spacial score (nSPS) is 26.7. The molecule has 12 nitrogen and oxygen atoms in total. The number of aromatic nitrogens is 3. The first-order valence-electron chi connectivity index (χ1n) is 18.3. The first-order valence-corrected chi connectivity index (χ1v) is 19.1. The number of rotatable bonds is 9. The van der Waals surface area contributed by atoms with Crippen molar-refractivity contribution < 1.29 is 32.5 Å². The zero-order valence-electron chi connectivity index (χ0n) is 29.6. The molecule has 3 unspecified atom stereocenters. The van der Waals surface area contributed by atoms with Gasteiger partial charge in [-0.05, 0) is 57.2 Å². The molecule has 3 N–H and O–H groups in total. The van der Waals surface area contributed by atoms with Crippen molar-refractivity contribution in [2.45, 2.75) is 95.4 Å². The first kappa shape index (κ1) is 34.9. The molecule has 16 heteroatoms. The lowest BCUT2D eigenvalue weighted by atomic mass is 9.93. The molecular weight excluding hydrogens is 710 g/mol. The van der Waals surface area contributed by atoms with E-state index in [1.807, 2.05) is 6.92 Å². The van der Waals surface area contributed by atoms with Gasteiger partial charge in [-0.3, -0.25) is 14.8 Å². The number of nitriles is 1. The number of thiophene rings is 1. The topological polar surface area (TPSA) is 146 Å². The SMILES string of the molecule is CC(O)O[C@H](C)CN1CC2CCC(C1)N2c1nc(OC[C@@]23CCCN2C[C@H](F)C3)nc2c(F)c(-c3ncc(F)c4sc(N)c(C#N)c34)c3c(c12)COC3. The molecule has 1 aromatic carbocycles. The molecule has 3 aromatic heterocycles. The second kappa shape index (κ2) is 13.2. The maximum atomic E-state index is 17.6. The first-order chi connectivity index (χ1) is 25.5. The molecule has 53 heavy (non-hydrogen) atoms. The molecule has 6 atom stereocenters. The molecule has 0 radical (unpaired) electrons. The van der Waals surface area contributed by atoms with Gasteiger partial charge in [-0.2, -0.15) is 15.2 Å². The fourth-order valence-corrected chi connectivity index (χ4v) is 10.7. The quantitative estimate of drug-likeness (QED) is 0.222. The van der Waals surface area contributed by atoms with Gasteiger partial charge in [0.2, 0.25) is 0 Å². The van der Waals surface area contributed by atoms with E-state index in [0.717, 1.165) is 62.9 Å². The number of anilines is 2. The Hall–Kier alpha value is -3.85. The van der Waals surface area contributed by atoms with Crippen molar-refractivity contribution in [1.82, 2.24) is 24.8 Å². The van der Waals surface area contributed by atoms with E-state index in [-0.39, 0.29) is 81.4 Å². The number of nitrogens with zero attached hydrogens (tertiary/aromatic N) is 7. The number of ether oxygens (including phenoxy) is 3. The minimum atomic E-state index is -0.945. The predicted octanol–water partition coefficient (Wildman–Crippen LogP) is 5.02. The Bertz CT molecular complexity index is 2150. The molecule has 9 rings (SSSR count). The number of halogens is 3. The van der Waals surface area contributed by atoms with Gasteiger partial charge in [0.25, 0.3) is 0 Å². The lowest BCUT2D eigenvalue weighted by molar-refractivity contribution is -0.124. The van der Waals surface area contributed by atoms with Crippen molar-refractivity contribution in [2.24, 2.45) is 0 Å². The molecule has 4 aromatic rings. The van der Waals surface area contributed by atoms with Crippen LogP contribution in [0.3, 0.4) is 0 Å². The second-order valence-corrected chi connectivity index (χ2v) is 16.3. The van der Waals surface area contributed by atoms with Gasteiger partial charge >= 0.3 is 6.01 Å². The Balaban J connectivity index is 1.19. The van der Waals surface area contributed by atoms with Crippen LogP contribution >= 0.6 is 11.3 Å². The van der Waals surface area contributed by atoms with Crippen molar-refractivity contribution in [3.05, 3.63) is 34.5 Å². The highest BCUT2D eigenvalue weighted by molar-refractivity contribution is 7.23. The van der Waals surface area contributed by atoms with E-state index in [4.69, 9.17) is 29.9 Å². The summed E-state index contributed by atoms with van der Waals surface area (Å²) >= 11 is 0.924. The monoisotopic (exact) mass is 750 g/mol. The van der Waals surface area contributed by atoms with Crippen molar-refractivity contribution in [3.63, 3.8) is 0 Å².